The number of rotatable bonds is 5. The van der Waals surface area contributed by atoms with Crippen molar-refractivity contribution < 1.29 is 13.9 Å². The zero-order valence-electron chi connectivity index (χ0n) is 11.8. The largest absolute Gasteiger partial charge is 0.368 e. The molecule has 1 aromatic carbocycles. The van der Waals surface area contributed by atoms with E-state index in [0.717, 1.165) is 31.5 Å². The molecule has 0 aliphatic carbocycles. The van der Waals surface area contributed by atoms with Crippen LogP contribution in [-0.4, -0.2) is 43.7 Å². The Labute approximate surface area is 118 Å². The molecule has 110 valence electrons. The van der Waals surface area contributed by atoms with Gasteiger partial charge in [-0.3, -0.25) is 4.79 Å². The number of nitrogens with zero attached hydrogens (tertiary/aromatic N) is 1. The Balaban J connectivity index is 1.76. The van der Waals surface area contributed by atoms with Crippen molar-refractivity contribution in [1.29, 1.82) is 0 Å². The van der Waals surface area contributed by atoms with Gasteiger partial charge in [-0.25, -0.2) is 4.39 Å². The molecule has 5 heteroatoms. The zero-order valence-corrected chi connectivity index (χ0v) is 11.8. The number of amides is 1. The fourth-order valence-corrected chi connectivity index (χ4v) is 2.26. The Morgan fingerprint density at radius 3 is 2.90 bits per heavy atom. The van der Waals surface area contributed by atoms with Crippen LogP contribution in [0.5, 0.6) is 0 Å². The highest BCUT2D eigenvalue weighted by Gasteiger charge is 2.16. The van der Waals surface area contributed by atoms with Crippen LogP contribution in [0, 0.1) is 5.82 Å². The lowest BCUT2D eigenvalue weighted by molar-refractivity contribution is -0.137. The molecule has 1 aromatic rings. The number of halogens is 1. The number of piperidine rings is 1. The minimum atomic E-state index is -0.283. The molecule has 2 rings (SSSR count). The van der Waals surface area contributed by atoms with Crippen LogP contribution in [-0.2, 0) is 16.1 Å². The number of nitrogens with one attached hydrogen (secondary N) is 1. The first kappa shape index (κ1) is 14.9. The number of benzene rings is 1. The van der Waals surface area contributed by atoms with E-state index in [1.807, 2.05) is 0 Å². The van der Waals surface area contributed by atoms with Crippen LogP contribution < -0.4 is 5.32 Å². The molecule has 1 fully saturated rings. The first-order chi connectivity index (χ1) is 9.65. The number of hydrogen-bond donors (Lipinski definition) is 1. The molecule has 20 heavy (non-hydrogen) atoms. The van der Waals surface area contributed by atoms with Gasteiger partial charge in [0.25, 0.3) is 0 Å². The smallest absolute Gasteiger partial charge is 0.248 e. The van der Waals surface area contributed by atoms with Crippen molar-refractivity contribution in [1.82, 2.24) is 10.2 Å². The fourth-order valence-electron chi connectivity index (χ4n) is 2.26. The Morgan fingerprint density at radius 2 is 2.20 bits per heavy atom. The Hall–Kier alpha value is -1.46. The van der Waals surface area contributed by atoms with Gasteiger partial charge in [0.05, 0.1) is 6.10 Å². The van der Waals surface area contributed by atoms with Crippen LogP contribution in [0.2, 0.25) is 0 Å². The van der Waals surface area contributed by atoms with E-state index >= 15 is 0 Å². The zero-order chi connectivity index (χ0) is 14.4. The molecule has 1 aliphatic heterocycles. The molecule has 0 bridgehead atoms. The van der Waals surface area contributed by atoms with Gasteiger partial charge in [0.1, 0.15) is 12.4 Å². The van der Waals surface area contributed by atoms with Crippen LogP contribution in [0.15, 0.2) is 24.3 Å². The lowest BCUT2D eigenvalue weighted by atomic mass is 10.1. The number of hydrogen-bond acceptors (Lipinski definition) is 3. The number of carbonyl (C=O) groups excluding carboxylic acids is 1. The van der Waals surface area contributed by atoms with Crippen molar-refractivity contribution in [2.24, 2.45) is 0 Å². The maximum atomic E-state index is 13.1. The highest BCUT2D eigenvalue weighted by atomic mass is 19.1. The quantitative estimate of drug-likeness (QED) is 0.890. The summed E-state index contributed by atoms with van der Waals surface area (Å²) >= 11 is 0. The van der Waals surface area contributed by atoms with Crippen molar-refractivity contribution in [3.05, 3.63) is 35.6 Å². The molecule has 1 aliphatic rings. The Morgan fingerprint density at radius 1 is 1.45 bits per heavy atom. The van der Waals surface area contributed by atoms with Crippen LogP contribution >= 0.6 is 0 Å². The summed E-state index contributed by atoms with van der Waals surface area (Å²) < 4.78 is 18.7. The lowest BCUT2D eigenvalue weighted by Gasteiger charge is -2.24. The van der Waals surface area contributed by atoms with E-state index in [-0.39, 0.29) is 24.4 Å². The maximum absolute atomic E-state index is 13.1. The average molecular weight is 280 g/mol. The highest BCUT2D eigenvalue weighted by Crippen LogP contribution is 2.09. The first-order valence-electron chi connectivity index (χ1n) is 6.96. The van der Waals surface area contributed by atoms with E-state index < -0.39 is 0 Å². The van der Waals surface area contributed by atoms with Gasteiger partial charge in [0.2, 0.25) is 5.91 Å². The van der Waals surface area contributed by atoms with Crippen molar-refractivity contribution in [2.45, 2.75) is 25.5 Å². The molecule has 0 aromatic heterocycles. The second-order valence-corrected chi connectivity index (χ2v) is 5.14. The van der Waals surface area contributed by atoms with Gasteiger partial charge < -0.3 is 15.0 Å². The van der Waals surface area contributed by atoms with E-state index in [1.165, 1.54) is 12.1 Å². The Kier molecular flexibility index (Phi) is 5.49. The topological polar surface area (TPSA) is 41.6 Å². The fraction of sp³-hybridized carbons (Fsp3) is 0.533. The number of likely N-dealkylation sites (N-methyl/N-ethyl adjacent to an activating group) is 1. The molecule has 0 spiro atoms. The normalized spacial score (nSPS) is 16.1. The second-order valence-electron chi connectivity index (χ2n) is 5.14. The first-order valence-corrected chi connectivity index (χ1v) is 6.96. The minimum absolute atomic E-state index is 0.0761. The van der Waals surface area contributed by atoms with Crippen molar-refractivity contribution in [3.8, 4) is 0 Å². The molecule has 0 unspecified atom stereocenters. The molecule has 0 saturated carbocycles. The van der Waals surface area contributed by atoms with Crippen molar-refractivity contribution in [2.75, 3.05) is 26.7 Å². The molecule has 1 N–H and O–H groups in total. The minimum Gasteiger partial charge on any atom is -0.368 e. The van der Waals surface area contributed by atoms with Crippen molar-refractivity contribution in [3.63, 3.8) is 0 Å². The number of carbonyl (C=O) groups is 1. The molecule has 1 amide bonds. The maximum Gasteiger partial charge on any atom is 0.248 e. The van der Waals surface area contributed by atoms with Gasteiger partial charge in [-0.1, -0.05) is 12.1 Å². The average Bonchev–Trinajstić information content (AvgIpc) is 2.46. The van der Waals surface area contributed by atoms with E-state index in [9.17, 15) is 9.18 Å². The summed E-state index contributed by atoms with van der Waals surface area (Å²) in [4.78, 5) is 13.5. The van der Waals surface area contributed by atoms with Gasteiger partial charge in [-0.15, -0.1) is 0 Å². The molecule has 1 heterocycles. The summed E-state index contributed by atoms with van der Waals surface area (Å²) in [7, 11) is 1.71. The molecular formula is C15H21FN2O2. The van der Waals surface area contributed by atoms with Crippen molar-refractivity contribution >= 4 is 5.91 Å². The summed E-state index contributed by atoms with van der Waals surface area (Å²) in [6.45, 7) is 2.37. The molecular weight excluding hydrogens is 259 g/mol. The van der Waals surface area contributed by atoms with Crippen LogP contribution in [0.3, 0.4) is 0 Å². The predicted octanol–water partition coefficient (Wildman–Crippen LogP) is 1.55. The van der Waals surface area contributed by atoms with E-state index in [1.54, 1.807) is 24.1 Å². The van der Waals surface area contributed by atoms with Gasteiger partial charge in [0, 0.05) is 13.6 Å². The van der Waals surface area contributed by atoms with Gasteiger partial charge in [0.15, 0.2) is 0 Å². The summed E-state index contributed by atoms with van der Waals surface area (Å²) in [5.41, 5.74) is 0.780. The standard InChI is InChI=1S/C15H21FN2O2/c1-18(10-12-3-2-4-13(16)9-12)15(19)11-20-14-5-7-17-8-6-14/h2-4,9,14,17H,5-8,10-11H2,1H3. The van der Waals surface area contributed by atoms with E-state index in [4.69, 9.17) is 4.74 Å². The lowest BCUT2D eigenvalue weighted by Crippen LogP contribution is -2.36. The summed E-state index contributed by atoms with van der Waals surface area (Å²) in [6, 6.07) is 6.29. The third kappa shape index (κ3) is 4.58. The number of ether oxygens (including phenoxy) is 1. The molecule has 0 atom stereocenters. The highest BCUT2D eigenvalue weighted by molar-refractivity contribution is 5.77. The van der Waals surface area contributed by atoms with Gasteiger partial charge in [-0.2, -0.15) is 0 Å². The van der Waals surface area contributed by atoms with Gasteiger partial charge in [-0.05, 0) is 43.6 Å². The summed E-state index contributed by atoms with van der Waals surface area (Å²) in [6.07, 6.45) is 2.06. The summed E-state index contributed by atoms with van der Waals surface area (Å²) in [5, 5.41) is 3.25. The summed E-state index contributed by atoms with van der Waals surface area (Å²) in [5.74, 6) is -0.359. The third-order valence-corrected chi connectivity index (χ3v) is 3.46. The SMILES string of the molecule is CN(Cc1cccc(F)c1)C(=O)COC1CCNCC1. The second kappa shape index (κ2) is 7.36. The molecule has 1 saturated heterocycles. The Bertz CT molecular complexity index is 447. The van der Waals surface area contributed by atoms with Crippen LogP contribution in [0.4, 0.5) is 4.39 Å². The molecule has 4 nitrogen and oxygen atoms in total. The molecule has 0 radical (unpaired) electrons. The van der Waals surface area contributed by atoms with E-state index in [0.29, 0.717) is 6.54 Å². The van der Waals surface area contributed by atoms with E-state index in [2.05, 4.69) is 5.32 Å². The van der Waals surface area contributed by atoms with Gasteiger partial charge >= 0.3 is 0 Å². The third-order valence-electron chi connectivity index (χ3n) is 3.46. The van der Waals surface area contributed by atoms with Crippen LogP contribution in [0.1, 0.15) is 18.4 Å². The monoisotopic (exact) mass is 280 g/mol. The predicted molar refractivity (Wildman–Crippen MR) is 74.7 cm³/mol. The van der Waals surface area contributed by atoms with Crippen LogP contribution in [0.25, 0.3) is 0 Å².